The molecule has 1 atom stereocenters. The number of piperazine rings is 1. The first kappa shape index (κ1) is 10.9. The van der Waals surface area contributed by atoms with Gasteiger partial charge in [0.2, 0.25) is 0 Å². The minimum absolute atomic E-state index is 0.523. The van der Waals surface area contributed by atoms with Crippen LogP contribution in [0.2, 0.25) is 0 Å². The molecule has 0 amide bonds. The molecule has 0 aliphatic carbocycles. The van der Waals surface area contributed by atoms with Crippen LogP contribution in [-0.2, 0) is 0 Å². The third kappa shape index (κ3) is 2.32. The second kappa shape index (κ2) is 4.49. The molecule has 1 aromatic rings. The van der Waals surface area contributed by atoms with Crippen molar-refractivity contribution >= 4 is 21.7 Å². The third-order valence-electron chi connectivity index (χ3n) is 2.84. The van der Waals surface area contributed by atoms with Crippen LogP contribution in [-0.4, -0.2) is 42.6 Å². The van der Waals surface area contributed by atoms with Crippen LogP contribution in [0.3, 0.4) is 0 Å². The van der Waals surface area contributed by atoms with Crippen LogP contribution in [0.5, 0.6) is 0 Å². The van der Waals surface area contributed by atoms with Crippen molar-refractivity contribution in [3.05, 3.63) is 22.8 Å². The highest BCUT2D eigenvalue weighted by molar-refractivity contribution is 9.10. The molecule has 0 bridgehead atoms. The number of aromatic nitrogens is 1. The van der Waals surface area contributed by atoms with Crippen LogP contribution in [0.4, 0.5) is 5.82 Å². The molecule has 1 fully saturated rings. The molecule has 0 saturated carbocycles. The molecule has 1 aromatic heterocycles. The van der Waals surface area contributed by atoms with Gasteiger partial charge in [0.1, 0.15) is 5.82 Å². The lowest BCUT2D eigenvalue weighted by Gasteiger charge is -2.39. The number of hydrogen-bond acceptors (Lipinski definition) is 3. The van der Waals surface area contributed by atoms with Crippen LogP contribution >= 0.6 is 15.9 Å². The highest BCUT2D eigenvalue weighted by Gasteiger charge is 2.23. The lowest BCUT2D eigenvalue weighted by atomic mass is 10.2. The Kier molecular flexibility index (Phi) is 3.26. The number of halogens is 1. The van der Waals surface area contributed by atoms with Gasteiger partial charge in [-0.15, -0.1) is 0 Å². The minimum atomic E-state index is 0.523. The second-order valence-electron chi connectivity index (χ2n) is 4.11. The van der Waals surface area contributed by atoms with Crippen molar-refractivity contribution in [3.63, 3.8) is 0 Å². The Morgan fingerprint density at radius 3 is 2.93 bits per heavy atom. The smallest absolute Gasteiger partial charge is 0.143 e. The molecule has 3 nitrogen and oxygen atoms in total. The molecule has 1 aliphatic rings. The number of likely N-dealkylation sites (N-methyl/N-ethyl adjacent to an activating group) is 1. The average Bonchev–Trinajstić information content (AvgIpc) is 2.20. The van der Waals surface area contributed by atoms with Crippen molar-refractivity contribution in [1.29, 1.82) is 0 Å². The summed E-state index contributed by atoms with van der Waals surface area (Å²) in [5.74, 6) is 1.07. The van der Waals surface area contributed by atoms with Gasteiger partial charge >= 0.3 is 0 Å². The molecule has 4 heteroatoms. The monoisotopic (exact) mass is 269 g/mol. The van der Waals surface area contributed by atoms with Crippen LogP contribution in [0.25, 0.3) is 0 Å². The van der Waals surface area contributed by atoms with Crippen molar-refractivity contribution in [2.24, 2.45) is 0 Å². The summed E-state index contributed by atoms with van der Waals surface area (Å²) in [5, 5.41) is 0. The maximum Gasteiger partial charge on any atom is 0.143 e. The fourth-order valence-electron chi connectivity index (χ4n) is 2.04. The van der Waals surface area contributed by atoms with Crippen molar-refractivity contribution in [1.82, 2.24) is 9.88 Å². The van der Waals surface area contributed by atoms with Crippen LogP contribution in [0.1, 0.15) is 6.92 Å². The van der Waals surface area contributed by atoms with Gasteiger partial charge in [0.05, 0.1) is 4.47 Å². The van der Waals surface area contributed by atoms with Gasteiger partial charge in [-0.3, -0.25) is 0 Å². The van der Waals surface area contributed by atoms with E-state index in [4.69, 9.17) is 0 Å². The molecule has 2 heterocycles. The molecular formula is C11H16BrN3. The fraction of sp³-hybridized carbons (Fsp3) is 0.545. The number of hydrogen-bond donors (Lipinski definition) is 0. The quantitative estimate of drug-likeness (QED) is 0.778. The van der Waals surface area contributed by atoms with E-state index in [0.717, 1.165) is 29.9 Å². The predicted molar refractivity (Wildman–Crippen MR) is 66.2 cm³/mol. The van der Waals surface area contributed by atoms with Gasteiger partial charge in [-0.1, -0.05) is 0 Å². The Labute approximate surface area is 99.2 Å². The molecule has 2 rings (SSSR count). The van der Waals surface area contributed by atoms with Crippen molar-refractivity contribution in [2.45, 2.75) is 13.0 Å². The predicted octanol–water partition coefficient (Wildman–Crippen LogP) is 1.98. The van der Waals surface area contributed by atoms with Gasteiger partial charge in [-0.05, 0) is 42.0 Å². The van der Waals surface area contributed by atoms with Crippen LogP contribution in [0.15, 0.2) is 22.8 Å². The first-order chi connectivity index (χ1) is 7.18. The number of pyridine rings is 1. The largest absolute Gasteiger partial charge is 0.350 e. The van der Waals surface area contributed by atoms with E-state index >= 15 is 0 Å². The van der Waals surface area contributed by atoms with Gasteiger partial charge in [-0.2, -0.15) is 0 Å². The molecule has 0 spiro atoms. The molecular weight excluding hydrogens is 254 g/mol. The molecule has 15 heavy (non-hydrogen) atoms. The van der Waals surface area contributed by atoms with E-state index in [-0.39, 0.29) is 0 Å². The van der Waals surface area contributed by atoms with Gasteiger partial charge in [0.15, 0.2) is 0 Å². The Morgan fingerprint density at radius 2 is 2.27 bits per heavy atom. The lowest BCUT2D eigenvalue weighted by molar-refractivity contribution is 0.274. The van der Waals surface area contributed by atoms with Crippen molar-refractivity contribution in [2.75, 3.05) is 31.6 Å². The first-order valence-electron chi connectivity index (χ1n) is 5.24. The van der Waals surface area contributed by atoms with Crippen molar-refractivity contribution < 1.29 is 0 Å². The van der Waals surface area contributed by atoms with Gasteiger partial charge in [0, 0.05) is 31.9 Å². The average molecular weight is 270 g/mol. The summed E-state index contributed by atoms with van der Waals surface area (Å²) in [5.41, 5.74) is 0. The summed E-state index contributed by atoms with van der Waals surface area (Å²) in [6.07, 6.45) is 1.85. The minimum Gasteiger partial charge on any atom is -0.350 e. The molecule has 1 saturated heterocycles. The highest BCUT2D eigenvalue weighted by atomic mass is 79.9. The maximum atomic E-state index is 4.44. The Morgan fingerprint density at radius 1 is 1.47 bits per heavy atom. The number of nitrogens with zero attached hydrogens (tertiary/aromatic N) is 3. The molecule has 82 valence electrons. The van der Waals surface area contributed by atoms with Gasteiger partial charge in [-0.25, -0.2) is 4.98 Å². The summed E-state index contributed by atoms with van der Waals surface area (Å²) < 4.78 is 1.08. The van der Waals surface area contributed by atoms with Crippen LogP contribution in [0, 0.1) is 0 Å². The van der Waals surface area contributed by atoms with E-state index in [1.807, 2.05) is 18.3 Å². The summed E-state index contributed by atoms with van der Waals surface area (Å²) >= 11 is 3.56. The second-order valence-corrected chi connectivity index (χ2v) is 4.97. The van der Waals surface area contributed by atoms with Gasteiger partial charge < -0.3 is 9.80 Å². The Bertz CT molecular complexity index is 342. The Balaban J connectivity index is 2.20. The van der Waals surface area contributed by atoms with E-state index in [1.54, 1.807) is 0 Å². The SMILES string of the molecule is CC1CN(C)CCN1c1ncccc1Br. The third-order valence-corrected chi connectivity index (χ3v) is 3.46. The molecule has 0 N–H and O–H groups in total. The topological polar surface area (TPSA) is 19.4 Å². The molecule has 0 aromatic carbocycles. The zero-order chi connectivity index (χ0) is 10.8. The number of rotatable bonds is 1. The van der Waals surface area contributed by atoms with E-state index in [9.17, 15) is 0 Å². The van der Waals surface area contributed by atoms with E-state index in [1.165, 1.54) is 0 Å². The molecule has 0 radical (unpaired) electrons. The van der Waals surface area contributed by atoms with Crippen molar-refractivity contribution in [3.8, 4) is 0 Å². The summed E-state index contributed by atoms with van der Waals surface area (Å²) in [6.45, 7) is 5.50. The first-order valence-corrected chi connectivity index (χ1v) is 6.03. The summed E-state index contributed by atoms with van der Waals surface area (Å²) in [6, 6.07) is 4.52. The normalized spacial score (nSPS) is 23.1. The zero-order valence-electron chi connectivity index (χ0n) is 9.15. The van der Waals surface area contributed by atoms with Gasteiger partial charge in [0.25, 0.3) is 0 Å². The zero-order valence-corrected chi connectivity index (χ0v) is 10.7. The Hall–Kier alpha value is -0.610. The van der Waals surface area contributed by atoms with E-state index < -0.39 is 0 Å². The van der Waals surface area contributed by atoms with E-state index in [2.05, 4.69) is 44.7 Å². The molecule has 1 aliphatic heterocycles. The number of anilines is 1. The van der Waals surface area contributed by atoms with Crippen LogP contribution < -0.4 is 4.90 Å². The maximum absolute atomic E-state index is 4.44. The highest BCUT2D eigenvalue weighted by Crippen LogP contribution is 2.25. The lowest BCUT2D eigenvalue weighted by Crippen LogP contribution is -2.50. The summed E-state index contributed by atoms with van der Waals surface area (Å²) in [7, 11) is 2.17. The molecule has 1 unspecified atom stereocenters. The fourth-order valence-corrected chi connectivity index (χ4v) is 2.53. The standard InChI is InChI=1S/C11H16BrN3/c1-9-8-14(2)6-7-15(9)11-10(12)4-3-5-13-11/h3-5,9H,6-8H2,1-2H3. The van der Waals surface area contributed by atoms with E-state index in [0.29, 0.717) is 6.04 Å². The summed E-state index contributed by atoms with van der Waals surface area (Å²) in [4.78, 5) is 9.16.